The van der Waals surface area contributed by atoms with Crippen LogP contribution in [0.25, 0.3) is 0 Å². The van der Waals surface area contributed by atoms with Gasteiger partial charge in [0.05, 0.1) is 0 Å². The van der Waals surface area contributed by atoms with Crippen molar-refractivity contribution in [3.63, 3.8) is 0 Å². The Labute approximate surface area is 85.8 Å². The van der Waals surface area contributed by atoms with Crippen LogP contribution in [-0.4, -0.2) is 21.7 Å². The number of aryl methyl sites for hydroxylation is 2. The zero-order chi connectivity index (χ0) is 10.8. The van der Waals surface area contributed by atoms with Crippen molar-refractivity contribution in [3.8, 4) is 0 Å². The van der Waals surface area contributed by atoms with Crippen LogP contribution in [0.5, 0.6) is 0 Å². The summed E-state index contributed by atoms with van der Waals surface area (Å²) in [4.78, 5) is 4.33. The summed E-state index contributed by atoms with van der Waals surface area (Å²) in [5.74, 6) is 0.572. The van der Waals surface area contributed by atoms with Gasteiger partial charge in [0.15, 0.2) is 5.82 Å². The minimum Gasteiger partial charge on any atom is -0.250 e. The highest BCUT2D eigenvalue weighted by Gasteiger charge is 2.00. The second-order valence-electron chi connectivity index (χ2n) is 3.56. The van der Waals surface area contributed by atoms with Crippen molar-refractivity contribution in [2.24, 2.45) is 4.36 Å². The molecule has 0 saturated heterocycles. The van der Waals surface area contributed by atoms with Crippen molar-refractivity contribution >= 4 is 15.5 Å². The number of hydrogen-bond acceptors (Lipinski definition) is 3. The van der Waals surface area contributed by atoms with E-state index in [4.69, 9.17) is 0 Å². The predicted octanol–water partition coefficient (Wildman–Crippen LogP) is 2.31. The number of aromatic nitrogens is 1. The molecule has 1 heterocycles. The first-order chi connectivity index (χ1) is 6.42. The van der Waals surface area contributed by atoms with E-state index in [-0.39, 0.29) is 0 Å². The van der Waals surface area contributed by atoms with Crippen LogP contribution in [0.2, 0.25) is 0 Å². The van der Waals surface area contributed by atoms with Crippen molar-refractivity contribution < 1.29 is 4.21 Å². The van der Waals surface area contributed by atoms with Crippen LogP contribution in [0.1, 0.15) is 18.2 Å². The lowest BCUT2D eigenvalue weighted by Gasteiger charge is -2.02. The van der Waals surface area contributed by atoms with Gasteiger partial charge in [0.2, 0.25) is 0 Å². The fraction of sp³-hybridized carbons (Fsp3) is 0.500. The van der Waals surface area contributed by atoms with E-state index in [0.29, 0.717) is 5.82 Å². The Morgan fingerprint density at radius 2 is 2.07 bits per heavy atom. The summed E-state index contributed by atoms with van der Waals surface area (Å²) in [5.41, 5.74) is 2.18. The van der Waals surface area contributed by atoms with Gasteiger partial charge < -0.3 is 0 Å². The number of rotatable bonds is 2. The van der Waals surface area contributed by atoms with Crippen LogP contribution in [0.15, 0.2) is 16.5 Å². The van der Waals surface area contributed by atoms with Crippen molar-refractivity contribution in [3.05, 3.63) is 23.4 Å². The Hall–Kier alpha value is -0.900. The van der Waals surface area contributed by atoms with Crippen LogP contribution >= 0.6 is 0 Å². The second kappa shape index (κ2) is 4.09. The maximum Gasteiger partial charge on any atom is 0.161 e. The molecule has 0 fully saturated rings. The Balaban J connectivity index is 3.21. The summed E-state index contributed by atoms with van der Waals surface area (Å²) in [6.07, 6.45) is 4.10. The van der Waals surface area contributed by atoms with Gasteiger partial charge in [-0.1, -0.05) is 13.0 Å². The monoisotopic (exact) mass is 212 g/mol. The van der Waals surface area contributed by atoms with Crippen LogP contribution in [0, 0.1) is 6.92 Å². The first kappa shape index (κ1) is 11.2. The largest absolute Gasteiger partial charge is 0.250 e. The van der Waals surface area contributed by atoms with E-state index in [9.17, 15) is 4.21 Å². The zero-order valence-corrected chi connectivity index (χ0v) is 9.89. The third-order valence-electron chi connectivity index (χ3n) is 1.84. The quantitative estimate of drug-likeness (QED) is 0.755. The minimum absolute atomic E-state index is 0.572. The van der Waals surface area contributed by atoms with Crippen LogP contribution < -0.4 is 0 Å². The van der Waals surface area contributed by atoms with E-state index >= 15 is 0 Å². The fourth-order valence-electron chi connectivity index (χ4n) is 1.19. The first-order valence-corrected chi connectivity index (χ1v) is 6.89. The maximum atomic E-state index is 11.4. The zero-order valence-electron chi connectivity index (χ0n) is 9.07. The molecule has 0 aliphatic carbocycles. The van der Waals surface area contributed by atoms with Gasteiger partial charge in [-0.25, -0.2) is 9.19 Å². The lowest BCUT2D eigenvalue weighted by Crippen LogP contribution is -1.94. The average Bonchev–Trinajstić information content (AvgIpc) is 2.06. The second-order valence-corrected chi connectivity index (χ2v) is 6.10. The van der Waals surface area contributed by atoms with Crippen molar-refractivity contribution in [1.29, 1.82) is 0 Å². The van der Waals surface area contributed by atoms with Gasteiger partial charge in [-0.2, -0.15) is 4.36 Å². The molecule has 4 heteroatoms. The van der Waals surface area contributed by atoms with E-state index in [1.165, 1.54) is 0 Å². The summed E-state index contributed by atoms with van der Waals surface area (Å²) in [6, 6.07) is 3.77. The molecule has 0 aliphatic heterocycles. The SMILES string of the molecule is CCc1nc(N=S(C)(C)=O)ccc1C. The third kappa shape index (κ3) is 3.10. The smallest absolute Gasteiger partial charge is 0.161 e. The minimum atomic E-state index is -2.10. The first-order valence-electron chi connectivity index (χ1n) is 4.56. The molecule has 0 spiro atoms. The van der Waals surface area contributed by atoms with Gasteiger partial charge in [-0.3, -0.25) is 0 Å². The van der Waals surface area contributed by atoms with Gasteiger partial charge in [-0.05, 0) is 25.0 Å². The van der Waals surface area contributed by atoms with Gasteiger partial charge in [0.1, 0.15) is 0 Å². The van der Waals surface area contributed by atoms with Gasteiger partial charge >= 0.3 is 0 Å². The number of pyridine rings is 1. The molecule has 0 N–H and O–H groups in total. The van der Waals surface area contributed by atoms with Crippen molar-refractivity contribution in [2.45, 2.75) is 20.3 Å². The normalized spacial score (nSPS) is 11.4. The van der Waals surface area contributed by atoms with E-state index in [1.54, 1.807) is 18.6 Å². The van der Waals surface area contributed by atoms with E-state index in [2.05, 4.69) is 9.35 Å². The van der Waals surface area contributed by atoms with Crippen molar-refractivity contribution in [1.82, 2.24) is 4.98 Å². The Morgan fingerprint density at radius 1 is 1.43 bits per heavy atom. The molecule has 1 aromatic heterocycles. The molecule has 0 unspecified atom stereocenters. The Kier molecular flexibility index (Phi) is 3.26. The predicted molar refractivity (Wildman–Crippen MR) is 60.4 cm³/mol. The molecule has 0 saturated carbocycles. The van der Waals surface area contributed by atoms with Gasteiger partial charge in [0, 0.05) is 27.9 Å². The Bertz CT molecular complexity index is 437. The fourth-order valence-corrected chi connectivity index (χ4v) is 1.75. The van der Waals surface area contributed by atoms with Gasteiger partial charge in [0.25, 0.3) is 0 Å². The summed E-state index contributed by atoms with van der Waals surface area (Å²) in [5, 5.41) is 0. The summed E-state index contributed by atoms with van der Waals surface area (Å²) in [7, 11) is -2.10. The molecule has 14 heavy (non-hydrogen) atoms. The highest BCUT2D eigenvalue weighted by molar-refractivity contribution is 7.92. The topological polar surface area (TPSA) is 42.3 Å². The molecule has 0 radical (unpaired) electrons. The van der Waals surface area contributed by atoms with Crippen LogP contribution in [0.3, 0.4) is 0 Å². The number of nitrogens with zero attached hydrogens (tertiary/aromatic N) is 2. The maximum absolute atomic E-state index is 11.4. The molecule has 0 aromatic carbocycles. The molecular weight excluding hydrogens is 196 g/mol. The average molecular weight is 212 g/mol. The van der Waals surface area contributed by atoms with Crippen LogP contribution in [-0.2, 0) is 16.1 Å². The number of hydrogen-bond donors (Lipinski definition) is 0. The summed E-state index contributed by atoms with van der Waals surface area (Å²) in [6.45, 7) is 4.07. The molecule has 1 aromatic rings. The molecule has 1 rings (SSSR count). The molecule has 3 nitrogen and oxygen atoms in total. The molecule has 0 bridgehead atoms. The highest BCUT2D eigenvalue weighted by Crippen LogP contribution is 2.14. The summed E-state index contributed by atoms with van der Waals surface area (Å²) < 4.78 is 15.5. The van der Waals surface area contributed by atoms with Gasteiger partial charge in [-0.15, -0.1) is 0 Å². The summed E-state index contributed by atoms with van der Waals surface area (Å²) >= 11 is 0. The van der Waals surface area contributed by atoms with Crippen LogP contribution in [0.4, 0.5) is 5.82 Å². The van der Waals surface area contributed by atoms with E-state index in [0.717, 1.165) is 17.7 Å². The third-order valence-corrected chi connectivity index (χ3v) is 2.46. The molecule has 78 valence electrons. The molecule has 0 aliphatic rings. The lowest BCUT2D eigenvalue weighted by atomic mass is 10.2. The standard InChI is InChI=1S/C10H16N2OS/c1-5-9-8(2)6-7-10(11-9)12-14(3,4)13/h6-7H,5H2,1-4H3. The van der Waals surface area contributed by atoms with E-state index < -0.39 is 9.73 Å². The van der Waals surface area contributed by atoms with E-state index in [1.807, 2.05) is 19.9 Å². The lowest BCUT2D eigenvalue weighted by molar-refractivity contribution is 0.684. The molecule has 0 atom stereocenters. The van der Waals surface area contributed by atoms with Crippen molar-refractivity contribution in [2.75, 3.05) is 12.5 Å². The molecular formula is C10H16N2OS. The molecule has 0 amide bonds. The highest BCUT2D eigenvalue weighted by atomic mass is 32.2. The Morgan fingerprint density at radius 3 is 2.57 bits per heavy atom.